The average Bonchev–Trinajstić information content (AvgIpc) is 2.53. The molecule has 0 aromatic carbocycles. The Morgan fingerprint density at radius 3 is 1.25 bits per heavy atom. The molecule has 2 aliphatic carbocycles. The third kappa shape index (κ3) is 9.04. The van der Waals surface area contributed by atoms with Crippen LogP contribution in [0.1, 0.15) is 44.9 Å². The maximum absolute atomic E-state index is 6.31. The van der Waals surface area contributed by atoms with Crippen LogP contribution in [0.3, 0.4) is 0 Å². The van der Waals surface area contributed by atoms with Crippen molar-refractivity contribution in [2.75, 3.05) is 13.1 Å². The van der Waals surface area contributed by atoms with E-state index in [0.717, 1.165) is 58.0 Å². The van der Waals surface area contributed by atoms with Gasteiger partial charge in [-0.1, -0.05) is 19.3 Å². The van der Waals surface area contributed by atoms with E-state index < -0.39 is 17.0 Å². The van der Waals surface area contributed by atoms with Crippen molar-refractivity contribution in [3.05, 3.63) is 10.6 Å². The topological polar surface area (TPSA) is 28.2 Å². The van der Waals surface area contributed by atoms with Crippen LogP contribution in [-0.2, 0) is 17.0 Å². The minimum atomic E-state index is -0.556. The first-order valence-electron chi connectivity index (χ1n) is 8.37. The Morgan fingerprint density at radius 2 is 0.958 bits per heavy atom. The molecule has 2 saturated carbocycles. The Bertz CT molecular complexity index is 280. The van der Waals surface area contributed by atoms with Gasteiger partial charge in [0.1, 0.15) is 0 Å². The summed E-state index contributed by atoms with van der Waals surface area (Å²) in [4.78, 5) is 0. The first kappa shape index (κ1) is 24.4. The molecule has 0 bridgehead atoms. The molecule has 0 radical (unpaired) electrons. The Labute approximate surface area is 183 Å². The van der Waals surface area contributed by atoms with Crippen molar-refractivity contribution in [2.24, 2.45) is 0 Å². The second-order valence-electron chi connectivity index (χ2n) is 6.14. The number of hydrogen-bond acceptors (Lipinski definition) is 0. The van der Waals surface area contributed by atoms with Gasteiger partial charge in [0.15, 0.2) is 0 Å². The molecule has 24 heavy (non-hydrogen) atoms. The molecule has 0 saturated heterocycles. The molecule has 4 unspecified atom stereocenters. The molecular weight excluding hydrogens is 469 g/mol. The molecule has 4 atom stereocenters. The van der Waals surface area contributed by atoms with Crippen LogP contribution in [0.5, 0.6) is 0 Å². The predicted octanol–water partition coefficient (Wildman–Crippen LogP) is 7.04. The zero-order chi connectivity index (χ0) is 17.9. The zero-order valence-corrected chi connectivity index (χ0v) is 19.6. The van der Waals surface area contributed by atoms with Crippen molar-refractivity contribution in [3.63, 3.8) is 0 Å². The summed E-state index contributed by atoms with van der Waals surface area (Å²) in [6.45, 7) is 1.54. The van der Waals surface area contributed by atoms with Gasteiger partial charge in [-0.15, -0.1) is 58.5 Å². The summed E-state index contributed by atoms with van der Waals surface area (Å²) >= 11 is 24.7. The van der Waals surface area contributed by atoms with Crippen molar-refractivity contribution >= 4 is 65.0 Å². The molecule has 142 valence electrons. The number of rotatable bonds is 6. The average molecular weight is 493 g/mol. The van der Waals surface area contributed by atoms with Crippen LogP contribution < -0.4 is 0 Å². The van der Waals surface area contributed by atoms with Gasteiger partial charge in [0.2, 0.25) is 0 Å². The third-order valence-electron chi connectivity index (χ3n) is 4.40. The fraction of sp³-hybridized carbons (Fsp3) is 1.00. The summed E-state index contributed by atoms with van der Waals surface area (Å²) in [6, 6.07) is 0.191. The molecule has 0 N–H and O–H groups in total. The van der Waals surface area contributed by atoms with Gasteiger partial charge in [-0.2, -0.15) is 13.1 Å². The summed E-state index contributed by atoms with van der Waals surface area (Å²) in [5, 5.41) is 9.73. The Morgan fingerprint density at radius 1 is 0.667 bits per heavy atom. The van der Waals surface area contributed by atoms with Gasteiger partial charge in [-0.3, -0.25) is 0 Å². The summed E-state index contributed by atoms with van der Waals surface area (Å²) < 4.78 is 0. The fourth-order valence-corrected chi connectivity index (χ4v) is 4.95. The van der Waals surface area contributed by atoms with Gasteiger partial charge in [-0.25, -0.2) is 0 Å². The molecule has 9 heteroatoms. The molecule has 2 aliphatic rings. The number of alkyl halides is 4. The first-order chi connectivity index (χ1) is 11.5. The fourth-order valence-electron chi connectivity index (χ4n) is 3.16. The van der Waals surface area contributed by atoms with Gasteiger partial charge in [0.05, 0.1) is 0 Å². The van der Waals surface area contributed by atoms with Crippen molar-refractivity contribution < 1.29 is 17.0 Å². The van der Waals surface area contributed by atoms with Crippen LogP contribution in [0, 0.1) is 0 Å². The monoisotopic (exact) mass is 490 g/mol. The summed E-state index contributed by atoms with van der Waals surface area (Å²) in [5.74, 6) is 0. The zero-order valence-electron chi connectivity index (χ0n) is 13.5. The standard InChI is InChI=1S/C15H24Cl4N2.2ClH.Ti/c16-10-4-1-5-11(17)14(10)20-8-3-9-21-15-12(18)6-2-7-13(15)19;;;/h10-15H,1-9H2;2*1H;/q-2;;;+2/p-2. The molecule has 0 spiro atoms. The van der Waals surface area contributed by atoms with E-state index in [9.17, 15) is 0 Å². The number of hydrogen-bond donors (Lipinski definition) is 0. The van der Waals surface area contributed by atoms with Gasteiger partial charge < -0.3 is 10.6 Å². The summed E-state index contributed by atoms with van der Waals surface area (Å²) in [6.07, 6.45) is 7.23. The third-order valence-corrected chi connectivity index (χ3v) is 6.30. The van der Waals surface area contributed by atoms with Gasteiger partial charge in [0.25, 0.3) is 0 Å². The SMILES string of the molecule is ClC1CCCC(Cl)C1[N-]CCC[N-]C1C(Cl)CCCC1Cl.[Cl][Ti][Cl]. The van der Waals surface area contributed by atoms with Gasteiger partial charge >= 0.3 is 35.6 Å². The van der Waals surface area contributed by atoms with Crippen molar-refractivity contribution in [1.29, 1.82) is 0 Å². The van der Waals surface area contributed by atoms with Crippen LogP contribution >= 0.6 is 65.0 Å². The second-order valence-corrected chi connectivity index (χ2v) is 11.0. The van der Waals surface area contributed by atoms with Crippen LogP contribution in [0.15, 0.2) is 0 Å². The minimum absolute atomic E-state index is 0.0935. The van der Waals surface area contributed by atoms with E-state index in [2.05, 4.69) is 10.6 Å². The van der Waals surface area contributed by atoms with E-state index in [1.807, 2.05) is 0 Å². The maximum atomic E-state index is 6.31. The Balaban J connectivity index is 0.000000891. The normalized spacial score (nSPS) is 36.6. The molecule has 0 aliphatic heterocycles. The van der Waals surface area contributed by atoms with Crippen LogP contribution in [0.25, 0.3) is 10.6 Å². The second kappa shape index (κ2) is 14.4. The van der Waals surface area contributed by atoms with E-state index >= 15 is 0 Å². The van der Waals surface area contributed by atoms with E-state index in [1.165, 1.54) is 0 Å². The van der Waals surface area contributed by atoms with E-state index in [-0.39, 0.29) is 33.6 Å². The van der Waals surface area contributed by atoms with Crippen LogP contribution in [0.4, 0.5) is 0 Å². The van der Waals surface area contributed by atoms with Crippen LogP contribution in [0.2, 0.25) is 0 Å². The van der Waals surface area contributed by atoms with E-state index in [0.29, 0.717) is 0 Å². The number of halogens is 6. The van der Waals surface area contributed by atoms with Crippen molar-refractivity contribution in [2.45, 2.75) is 78.5 Å². The Hall–Kier alpha value is 2.37. The van der Waals surface area contributed by atoms with Gasteiger partial charge in [-0.05, 0) is 25.7 Å². The predicted molar refractivity (Wildman–Crippen MR) is 107 cm³/mol. The van der Waals surface area contributed by atoms with Gasteiger partial charge in [0, 0.05) is 21.5 Å². The molecule has 2 fully saturated rings. The molecular formula is C15H24Cl6N2Ti-2. The molecule has 2 nitrogen and oxygen atoms in total. The van der Waals surface area contributed by atoms with E-state index in [4.69, 9.17) is 65.0 Å². The van der Waals surface area contributed by atoms with Crippen molar-refractivity contribution in [3.8, 4) is 0 Å². The molecule has 0 heterocycles. The number of nitrogens with zero attached hydrogens (tertiary/aromatic N) is 2. The molecule has 2 rings (SSSR count). The first-order valence-corrected chi connectivity index (χ1v) is 14.4. The van der Waals surface area contributed by atoms with Crippen molar-refractivity contribution in [1.82, 2.24) is 0 Å². The molecule has 0 amide bonds. The summed E-state index contributed by atoms with van der Waals surface area (Å²) in [5.41, 5.74) is 0. The van der Waals surface area contributed by atoms with Crippen LogP contribution in [-0.4, -0.2) is 46.7 Å². The summed E-state index contributed by atoms with van der Waals surface area (Å²) in [7, 11) is 9.78. The molecule has 0 aromatic heterocycles. The molecule has 0 aromatic rings. The quantitative estimate of drug-likeness (QED) is 0.216. The Kier molecular flexibility index (Phi) is 14.6. The van der Waals surface area contributed by atoms with E-state index in [1.54, 1.807) is 0 Å².